The topological polar surface area (TPSA) is 12.4 Å². The molecule has 0 aromatic carbocycles. The summed E-state index contributed by atoms with van der Waals surface area (Å²) in [6, 6.07) is 0. The van der Waals surface area contributed by atoms with E-state index in [0.717, 1.165) is 18.7 Å². The van der Waals surface area contributed by atoms with Crippen molar-refractivity contribution in [1.29, 1.82) is 0 Å². The Labute approximate surface area is 103 Å². The minimum atomic E-state index is 0. The molecule has 0 spiro atoms. The van der Waals surface area contributed by atoms with Gasteiger partial charge in [-0.1, -0.05) is 22.6 Å². The maximum absolute atomic E-state index is 4.31. The minimum absolute atomic E-state index is 0. The Kier molecular flexibility index (Phi) is 9.63. The van der Waals surface area contributed by atoms with Gasteiger partial charge in [0, 0.05) is 5.75 Å². The Bertz CT molecular complexity index is 129. The quantitative estimate of drug-likeness (QED) is 0.277. The van der Waals surface area contributed by atoms with Gasteiger partial charge in [-0.3, -0.25) is 4.99 Å². The van der Waals surface area contributed by atoms with Gasteiger partial charge < -0.3 is 6.92 Å². The molecule has 0 saturated heterocycles. The van der Waals surface area contributed by atoms with Crippen LogP contribution in [0.3, 0.4) is 0 Å². The molecule has 0 aromatic rings. The predicted molar refractivity (Wildman–Crippen MR) is 54.8 cm³/mol. The molecule has 0 radical (unpaired) electrons. The van der Waals surface area contributed by atoms with E-state index in [9.17, 15) is 0 Å². The molecule has 11 heavy (non-hydrogen) atoms. The number of thioether (sulfide) groups is 1. The summed E-state index contributed by atoms with van der Waals surface area (Å²) in [6.45, 7) is 4.78. The molecule has 1 aliphatic rings. The zero-order valence-corrected chi connectivity index (χ0v) is 11.2. The number of hydrogen-bond acceptors (Lipinski definition) is 4. The smallest absolute Gasteiger partial charge is 0.343 e. The third-order valence-corrected chi connectivity index (χ3v) is 4.77. The van der Waals surface area contributed by atoms with E-state index in [1.165, 1.54) is 10.1 Å². The summed E-state index contributed by atoms with van der Waals surface area (Å²) in [6.07, 6.45) is 1.01. The maximum atomic E-state index is 4.31. The molecular formula is C6H10NNaS3. The van der Waals surface area contributed by atoms with Crippen molar-refractivity contribution < 1.29 is 29.6 Å². The van der Waals surface area contributed by atoms with Gasteiger partial charge >= 0.3 is 29.6 Å². The van der Waals surface area contributed by atoms with E-state index >= 15 is 0 Å². The summed E-state index contributed by atoms with van der Waals surface area (Å²) in [5.74, 6) is 2.30. The largest absolute Gasteiger partial charge is 1.00 e. The number of nitrogens with zero attached hydrogens (tertiary/aromatic N) is 1. The van der Waals surface area contributed by atoms with Gasteiger partial charge in [0.15, 0.2) is 0 Å². The third kappa shape index (κ3) is 5.88. The first-order valence-corrected chi connectivity index (χ1v) is 6.50. The molecule has 0 unspecified atom stereocenters. The van der Waals surface area contributed by atoms with Crippen LogP contribution in [0.2, 0.25) is 0 Å². The van der Waals surface area contributed by atoms with Crippen molar-refractivity contribution in [2.24, 2.45) is 4.99 Å². The van der Waals surface area contributed by atoms with Gasteiger partial charge in [-0.2, -0.15) is 6.42 Å². The molecule has 0 atom stereocenters. The summed E-state index contributed by atoms with van der Waals surface area (Å²) >= 11 is 1.86. The molecule has 0 bridgehead atoms. The molecule has 0 fully saturated rings. The van der Waals surface area contributed by atoms with E-state index < -0.39 is 0 Å². The normalized spacial score (nSPS) is 15.9. The van der Waals surface area contributed by atoms with Crippen LogP contribution in [0.5, 0.6) is 0 Å². The van der Waals surface area contributed by atoms with Crippen molar-refractivity contribution in [2.75, 3.05) is 18.1 Å². The van der Waals surface area contributed by atoms with E-state index in [0.29, 0.717) is 0 Å². The molecule has 0 aliphatic carbocycles. The summed E-state index contributed by atoms with van der Waals surface area (Å²) in [5.41, 5.74) is 0. The first-order valence-electron chi connectivity index (χ1n) is 3.19. The van der Waals surface area contributed by atoms with E-state index in [2.05, 4.69) is 11.9 Å². The second kappa shape index (κ2) is 8.32. The number of rotatable bonds is 3. The van der Waals surface area contributed by atoms with Crippen LogP contribution in [0.25, 0.3) is 0 Å². The molecule has 0 N–H and O–H groups in total. The fourth-order valence-electron chi connectivity index (χ4n) is 0.517. The average molecular weight is 215 g/mol. The number of aliphatic imine (C=N–C) groups is 1. The number of hydrogen-bond donors (Lipinski definition) is 0. The van der Waals surface area contributed by atoms with E-state index in [4.69, 9.17) is 0 Å². The Morgan fingerprint density at radius 3 is 3.00 bits per heavy atom. The summed E-state index contributed by atoms with van der Waals surface area (Å²) in [7, 11) is 3.65. The van der Waals surface area contributed by atoms with Crippen LogP contribution >= 0.6 is 33.3 Å². The van der Waals surface area contributed by atoms with Crippen LogP contribution in [0.1, 0.15) is 6.42 Å². The fraction of sp³-hybridized carbons (Fsp3) is 0.667. The summed E-state index contributed by atoms with van der Waals surface area (Å²) in [5, 5.41) is 0. The molecule has 0 aromatic heterocycles. The molecule has 0 saturated carbocycles. The van der Waals surface area contributed by atoms with Crippen LogP contribution in [0.15, 0.2) is 4.99 Å². The Morgan fingerprint density at radius 1 is 1.64 bits per heavy atom. The van der Waals surface area contributed by atoms with Crippen molar-refractivity contribution in [3.63, 3.8) is 0 Å². The van der Waals surface area contributed by atoms with Gasteiger partial charge in [0.25, 0.3) is 0 Å². The fourth-order valence-corrected chi connectivity index (χ4v) is 3.88. The Balaban J connectivity index is 0.000001000. The summed E-state index contributed by atoms with van der Waals surface area (Å²) < 4.78 is 1.25. The summed E-state index contributed by atoms with van der Waals surface area (Å²) in [4.78, 5) is 4.31. The molecule has 5 heteroatoms. The molecule has 58 valence electrons. The SMILES string of the molecule is [CH2-]CCSSC1=NCCS1.[Na+]. The van der Waals surface area contributed by atoms with Crippen LogP contribution in [-0.4, -0.2) is 22.4 Å². The van der Waals surface area contributed by atoms with Gasteiger partial charge in [0.05, 0.1) is 6.54 Å². The Hall–Kier alpha value is 1.72. The van der Waals surface area contributed by atoms with Gasteiger partial charge in [0.1, 0.15) is 4.38 Å². The standard InChI is InChI=1S/C6H10NS3.Na/c1-2-4-9-10-6-7-3-5-8-6;/h1-5H2;/q-1;+1. The van der Waals surface area contributed by atoms with Crippen molar-refractivity contribution in [1.82, 2.24) is 0 Å². The zero-order chi connectivity index (χ0) is 7.23. The first-order chi connectivity index (χ1) is 4.93. The predicted octanol–water partition coefficient (Wildman–Crippen LogP) is -0.301. The van der Waals surface area contributed by atoms with Crippen molar-refractivity contribution in [3.8, 4) is 0 Å². The second-order valence-electron chi connectivity index (χ2n) is 1.75. The van der Waals surface area contributed by atoms with Gasteiger partial charge in [-0.15, -0.1) is 0 Å². The van der Waals surface area contributed by atoms with E-state index in [-0.39, 0.29) is 29.6 Å². The van der Waals surface area contributed by atoms with Gasteiger partial charge in [0.2, 0.25) is 0 Å². The van der Waals surface area contributed by atoms with Gasteiger partial charge in [-0.25, -0.2) is 0 Å². The Morgan fingerprint density at radius 2 is 2.45 bits per heavy atom. The maximum Gasteiger partial charge on any atom is 1.00 e. The molecular weight excluding hydrogens is 205 g/mol. The van der Waals surface area contributed by atoms with Crippen LogP contribution < -0.4 is 29.6 Å². The minimum Gasteiger partial charge on any atom is -0.343 e. The molecule has 0 amide bonds. The van der Waals surface area contributed by atoms with Crippen molar-refractivity contribution >= 4 is 37.7 Å². The molecule has 1 nitrogen and oxygen atoms in total. The van der Waals surface area contributed by atoms with Crippen molar-refractivity contribution in [2.45, 2.75) is 6.42 Å². The van der Waals surface area contributed by atoms with Crippen LogP contribution in [-0.2, 0) is 0 Å². The van der Waals surface area contributed by atoms with Crippen molar-refractivity contribution in [3.05, 3.63) is 6.92 Å². The van der Waals surface area contributed by atoms with Crippen LogP contribution in [0, 0.1) is 6.92 Å². The second-order valence-corrected chi connectivity index (χ2v) is 5.50. The first kappa shape index (κ1) is 12.7. The van der Waals surface area contributed by atoms with Gasteiger partial charge in [-0.05, 0) is 16.5 Å². The van der Waals surface area contributed by atoms with E-state index in [1.807, 2.05) is 22.6 Å². The zero-order valence-electron chi connectivity index (χ0n) is 6.71. The van der Waals surface area contributed by atoms with E-state index in [1.54, 1.807) is 10.8 Å². The average Bonchev–Trinajstić information content (AvgIpc) is 2.41. The molecule has 1 rings (SSSR count). The third-order valence-electron chi connectivity index (χ3n) is 0.916. The molecule has 1 heterocycles. The molecule has 1 aliphatic heterocycles. The van der Waals surface area contributed by atoms with Crippen LogP contribution in [0.4, 0.5) is 0 Å². The monoisotopic (exact) mass is 215 g/mol.